The Morgan fingerprint density at radius 2 is 1.95 bits per heavy atom. The summed E-state index contributed by atoms with van der Waals surface area (Å²) in [6.45, 7) is 2.30. The van der Waals surface area contributed by atoms with E-state index in [0.717, 1.165) is 5.69 Å². The zero-order valence-electron chi connectivity index (χ0n) is 21.1. The van der Waals surface area contributed by atoms with E-state index in [0.29, 0.717) is 33.8 Å². The molecule has 0 saturated heterocycles. The van der Waals surface area contributed by atoms with E-state index < -0.39 is 17.7 Å². The number of alkyl halides is 1. The molecule has 3 N–H and O–H groups in total. The summed E-state index contributed by atoms with van der Waals surface area (Å²) in [6.07, 6.45) is 7.85. The third-order valence-corrected chi connectivity index (χ3v) is 6.04. The highest BCUT2D eigenvalue weighted by Gasteiger charge is 2.27. The van der Waals surface area contributed by atoms with Crippen molar-refractivity contribution < 1.29 is 14.3 Å². The van der Waals surface area contributed by atoms with Crippen LogP contribution in [0.4, 0.5) is 15.8 Å². The van der Waals surface area contributed by atoms with Gasteiger partial charge in [0.25, 0.3) is 5.91 Å². The summed E-state index contributed by atoms with van der Waals surface area (Å²) in [5, 5.41) is 33.5. The van der Waals surface area contributed by atoms with E-state index in [-0.39, 0.29) is 12.1 Å². The number of carbonyl (C=O) groups excluding carboxylic acids is 1. The standard InChI is InChI=1S/C27H24FN9O2/c1-27(2,39)25(28)15-32-26(38)21-14-31-23(24-4-3-20-9-17(11-29)12-34-37(20)24)10-22(21)35-18-13-33-36(16-18)19-5-7-30-8-6-19/h3-10,12-14,16,25,39H,15H2,1-2H3,(H,31,35)(H,32,38). The molecule has 1 atom stereocenters. The lowest BCUT2D eigenvalue weighted by atomic mass is 10.0. The molecule has 5 rings (SSSR count). The van der Waals surface area contributed by atoms with E-state index in [1.165, 1.54) is 26.2 Å². The van der Waals surface area contributed by atoms with E-state index in [9.17, 15) is 19.6 Å². The number of pyridine rings is 2. The lowest BCUT2D eigenvalue weighted by Crippen LogP contribution is -2.42. The Labute approximate surface area is 222 Å². The first-order valence-electron chi connectivity index (χ1n) is 12.0. The van der Waals surface area contributed by atoms with Crippen LogP contribution in [0.1, 0.15) is 29.8 Å². The highest BCUT2D eigenvalue weighted by molar-refractivity contribution is 6.00. The van der Waals surface area contributed by atoms with E-state index >= 15 is 0 Å². The maximum absolute atomic E-state index is 14.3. The fourth-order valence-corrected chi connectivity index (χ4v) is 3.84. The van der Waals surface area contributed by atoms with Crippen molar-refractivity contribution in [3.05, 3.63) is 84.7 Å². The van der Waals surface area contributed by atoms with Crippen LogP contribution in [-0.2, 0) is 0 Å². The van der Waals surface area contributed by atoms with Gasteiger partial charge in [0.2, 0.25) is 0 Å². The summed E-state index contributed by atoms with van der Waals surface area (Å²) in [4.78, 5) is 21.6. The predicted molar refractivity (Wildman–Crippen MR) is 141 cm³/mol. The topological polar surface area (TPSA) is 146 Å². The highest BCUT2D eigenvalue weighted by atomic mass is 19.1. The number of halogens is 1. The molecule has 0 aliphatic rings. The van der Waals surface area contributed by atoms with Crippen LogP contribution in [0.15, 0.2) is 73.6 Å². The summed E-state index contributed by atoms with van der Waals surface area (Å²) >= 11 is 0. The van der Waals surface area contributed by atoms with Crippen LogP contribution in [0, 0.1) is 11.3 Å². The van der Waals surface area contributed by atoms with Crippen LogP contribution in [0.3, 0.4) is 0 Å². The van der Waals surface area contributed by atoms with Crippen molar-refractivity contribution in [3.63, 3.8) is 0 Å². The molecule has 1 unspecified atom stereocenters. The van der Waals surface area contributed by atoms with Gasteiger partial charge in [-0.2, -0.15) is 15.5 Å². The first-order valence-corrected chi connectivity index (χ1v) is 12.0. The van der Waals surface area contributed by atoms with Crippen LogP contribution in [0.5, 0.6) is 0 Å². The number of aliphatic hydroxyl groups is 1. The van der Waals surface area contributed by atoms with Gasteiger partial charge in [-0.25, -0.2) is 13.6 Å². The SMILES string of the molecule is CC(C)(O)C(F)CNC(=O)c1cnc(-c2ccc3cc(C#N)cnn23)cc1Nc1cnn(-c2ccncc2)c1. The number of rotatable bonds is 8. The summed E-state index contributed by atoms with van der Waals surface area (Å²) in [6, 6.07) is 12.7. The fourth-order valence-electron chi connectivity index (χ4n) is 3.84. The normalized spacial score (nSPS) is 12.2. The van der Waals surface area contributed by atoms with Crippen molar-refractivity contribution in [3.8, 4) is 23.1 Å². The summed E-state index contributed by atoms with van der Waals surface area (Å²) in [7, 11) is 0. The molecule has 0 aromatic carbocycles. The smallest absolute Gasteiger partial charge is 0.255 e. The average Bonchev–Trinajstić information content (AvgIpc) is 3.58. The summed E-state index contributed by atoms with van der Waals surface area (Å²) in [5.41, 5.74) is 2.64. The van der Waals surface area contributed by atoms with Crippen molar-refractivity contribution >= 4 is 22.8 Å². The van der Waals surface area contributed by atoms with E-state index in [4.69, 9.17) is 0 Å². The maximum atomic E-state index is 14.3. The number of carbonyl (C=O) groups is 1. The molecular formula is C27H24FN9O2. The van der Waals surface area contributed by atoms with Gasteiger partial charge >= 0.3 is 0 Å². The van der Waals surface area contributed by atoms with Gasteiger partial charge < -0.3 is 15.7 Å². The summed E-state index contributed by atoms with van der Waals surface area (Å²) in [5.74, 6) is -0.568. The number of anilines is 2. The largest absolute Gasteiger partial charge is 0.387 e. The van der Waals surface area contributed by atoms with Gasteiger partial charge in [0.1, 0.15) is 12.2 Å². The number of aromatic nitrogens is 6. The second-order valence-corrected chi connectivity index (χ2v) is 9.36. The Hall–Kier alpha value is -5.15. The first-order chi connectivity index (χ1) is 18.7. The van der Waals surface area contributed by atoms with Crippen molar-refractivity contribution in [2.75, 3.05) is 11.9 Å². The number of hydrogen-bond acceptors (Lipinski definition) is 8. The number of hydrogen-bond donors (Lipinski definition) is 3. The van der Waals surface area contributed by atoms with E-state index in [1.807, 2.05) is 12.1 Å². The Kier molecular flexibility index (Phi) is 6.74. The number of fused-ring (bicyclic) bond motifs is 1. The van der Waals surface area contributed by atoms with Gasteiger partial charge in [-0.05, 0) is 50.2 Å². The molecule has 12 heteroatoms. The lowest BCUT2D eigenvalue weighted by molar-refractivity contribution is -0.00177. The molecule has 5 aromatic rings. The van der Waals surface area contributed by atoms with Gasteiger partial charge in [0, 0.05) is 18.6 Å². The average molecular weight is 526 g/mol. The van der Waals surface area contributed by atoms with Crippen LogP contribution < -0.4 is 10.6 Å². The molecular weight excluding hydrogens is 501 g/mol. The number of nitrogens with zero attached hydrogens (tertiary/aromatic N) is 7. The van der Waals surface area contributed by atoms with Gasteiger partial charge in [-0.15, -0.1) is 0 Å². The number of amides is 1. The Bertz CT molecular complexity index is 1680. The van der Waals surface area contributed by atoms with Crippen LogP contribution in [-0.4, -0.2) is 58.7 Å². The van der Waals surface area contributed by atoms with Crippen LogP contribution in [0.2, 0.25) is 0 Å². The third kappa shape index (κ3) is 5.43. The molecule has 0 bridgehead atoms. The molecule has 39 heavy (non-hydrogen) atoms. The Morgan fingerprint density at radius 3 is 2.69 bits per heavy atom. The Balaban J connectivity index is 1.50. The molecule has 1 amide bonds. The minimum absolute atomic E-state index is 0.166. The second-order valence-electron chi connectivity index (χ2n) is 9.36. The van der Waals surface area contributed by atoms with E-state index in [1.54, 1.807) is 58.3 Å². The second kappa shape index (κ2) is 10.3. The molecule has 5 aromatic heterocycles. The number of nitriles is 1. The van der Waals surface area contributed by atoms with Crippen molar-refractivity contribution in [1.82, 2.24) is 34.7 Å². The van der Waals surface area contributed by atoms with Gasteiger partial charge in [-0.3, -0.25) is 14.8 Å². The van der Waals surface area contributed by atoms with Gasteiger partial charge in [0.05, 0.1) is 75.8 Å². The lowest BCUT2D eigenvalue weighted by Gasteiger charge is -2.22. The molecule has 11 nitrogen and oxygen atoms in total. The Morgan fingerprint density at radius 1 is 1.15 bits per heavy atom. The minimum Gasteiger partial charge on any atom is -0.387 e. The van der Waals surface area contributed by atoms with E-state index in [2.05, 4.69) is 36.9 Å². The fraction of sp³-hybridized carbons (Fsp3) is 0.185. The van der Waals surface area contributed by atoms with Gasteiger partial charge in [0.15, 0.2) is 0 Å². The molecule has 0 aliphatic heterocycles. The molecule has 0 fully saturated rings. The molecule has 0 radical (unpaired) electrons. The third-order valence-electron chi connectivity index (χ3n) is 6.04. The quantitative estimate of drug-likeness (QED) is 0.279. The maximum Gasteiger partial charge on any atom is 0.255 e. The first kappa shape index (κ1) is 25.5. The monoisotopic (exact) mass is 525 g/mol. The minimum atomic E-state index is -1.67. The highest BCUT2D eigenvalue weighted by Crippen LogP contribution is 2.28. The van der Waals surface area contributed by atoms with Crippen molar-refractivity contribution in [1.29, 1.82) is 5.26 Å². The van der Waals surface area contributed by atoms with Crippen molar-refractivity contribution in [2.45, 2.75) is 25.6 Å². The summed E-state index contributed by atoms with van der Waals surface area (Å²) < 4.78 is 17.6. The molecule has 196 valence electrons. The zero-order chi connectivity index (χ0) is 27.6. The molecule has 0 saturated carbocycles. The molecule has 5 heterocycles. The van der Waals surface area contributed by atoms with Crippen LogP contribution >= 0.6 is 0 Å². The van der Waals surface area contributed by atoms with Gasteiger partial charge in [-0.1, -0.05) is 0 Å². The van der Waals surface area contributed by atoms with Crippen LogP contribution in [0.25, 0.3) is 22.6 Å². The molecule has 0 spiro atoms. The molecule has 0 aliphatic carbocycles. The number of nitrogens with one attached hydrogen (secondary N) is 2. The predicted octanol–water partition coefficient (Wildman–Crippen LogP) is 3.43. The van der Waals surface area contributed by atoms with Crippen molar-refractivity contribution in [2.24, 2.45) is 0 Å². The zero-order valence-corrected chi connectivity index (χ0v) is 21.1.